The third-order valence-electron chi connectivity index (χ3n) is 7.05. The molecule has 3 aromatic carbocycles. The number of piperazine rings is 1. The van der Waals surface area contributed by atoms with Crippen LogP contribution in [-0.2, 0) is 19.7 Å². The summed E-state index contributed by atoms with van der Waals surface area (Å²) >= 11 is 12.2. The molecular formula is C31H30Cl2N4O4. The molecule has 5 rings (SSSR count). The van der Waals surface area contributed by atoms with Crippen molar-refractivity contribution in [3.63, 3.8) is 0 Å². The van der Waals surface area contributed by atoms with Crippen LogP contribution >= 0.6 is 23.2 Å². The van der Waals surface area contributed by atoms with Crippen molar-refractivity contribution in [3.05, 3.63) is 123 Å². The Kier molecular flexibility index (Phi) is 9.26. The molecule has 212 valence electrons. The first kappa shape index (κ1) is 28.7. The van der Waals surface area contributed by atoms with Crippen molar-refractivity contribution in [2.45, 2.75) is 19.7 Å². The summed E-state index contributed by atoms with van der Waals surface area (Å²) in [5, 5.41) is 10.4. The van der Waals surface area contributed by atoms with Crippen molar-refractivity contribution in [1.29, 1.82) is 0 Å². The predicted molar refractivity (Wildman–Crippen MR) is 158 cm³/mol. The average Bonchev–Trinajstić information content (AvgIpc) is 3.36. The summed E-state index contributed by atoms with van der Waals surface area (Å²) in [5.41, 5.74) is 4.85. The molecule has 0 unspecified atom stereocenters. The van der Waals surface area contributed by atoms with Crippen molar-refractivity contribution >= 4 is 35.0 Å². The van der Waals surface area contributed by atoms with Crippen LogP contribution in [0.3, 0.4) is 0 Å². The van der Waals surface area contributed by atoms with Gasteiger partial charge in [-0.1, -0.05) is 89.9 Å². The highest BCUT2D eigenvalue weighted by Crippen LogP contribution is 2.31. The van der Waals surface area contributed by atoms with Crippen LogP contribution in [0.5, 0.6) is 5.75 Å². The van der Waals surface area contributed by atoms with E-state index in [1.807, 2.05) is 48.5 Å². The van der Waals surface area contributed by atoms with Gasteiger partial charge >= 0.3 is 0 Å². The predicted octanol–water partition coefficient (Wildman–Crippen LogP) is 5.50. The lowest BCUT2D eigenvalue weighted by molar-refractivity contribution is 0.0624. The van der Waals surface area contributed by atoms with Crippen molar-refractivity contribution in [3.8, 4) is 5.75 Å². The van der Waals surface area contributed by atoms with Gasteiger partial charge < -0.3 is 14.2 Å². The van der Waals surface area contributed by atoms with Crippen molar-refractivity contribution < 1.29 is 19.5 Å². The fourth-order valence-electron chi connectivity index (χ4n) is 4.93. The Bertz CT molecular complexity index is 1500. The number of ether oxygens (including phenoxy) is 1. The Morgan fingerprint density at radius 3 is 2.05 bits per heavy atom. The zero-order valence-corrected chi connectivity index (χ0v) is 23.8. The van der Waals surface area contributed by atoms with E-state index in [0.29, 0.717) is 35.2 Å². The van der Waals surface area contributed by atoms with Gasteiger partial charge in [-0.2, -0.15) is 0 Å². The number of benzene rings is 3. The lowest BCUT2D eigenvalue weighted by atomic mass is 10.1. The third-order valence-corrected chi connectivity index (χ3v) is 7.79. The van der Waals surface area contributed by atoms with Gasteiger partial charge in [0.05, 0.1) is 10.0 Å². The number of nitrogens with zero attached hydrogens (tertiary/aromatic N) is 3. The molecule has 41 heavy (non-hydrogen) atoms. The van der Waals surface area contributed by atoms with E-state index in [1.54, 1.807) is 39.3 Å². The van der Waals surface area contributed by atoms with Gasteiger partial charge in [-0.3, -0.25) is 19.7 Å². The standard InChI is InChI=1S/C31H30Cl2N4O4/c32-26-12-11-24(17-27(26)33)21-41-29-25(20-37(28(29)30(38)34-40)19-23-9-5-2-6-10-23)31(39)36-15-13-35(14-16-36)18-22-7-3-1-4-8-22/h1-12,17,20,40H,13-16,18-19,21H2,(H,34,38). The van der Waals surface area contributed by atoms with E-state index < -0.39 is 5.91 Å². The zero-order valence-electron chi connectivity index (χ0n) is 22.3. The molecule has 0 atom stereocenters. The van der Waals surface area contributed by atoms with Gasteiger partial charge in [0.25, 0.3) is 11.8 Å². The quantitative estimate of drug-likeness (QED) is 0.198. The molecule has 4 aromatic rings. The molecule has 1 aromatic heterocycles. The fourth-order valence-corrected chi connectivity index (χ4v) is 5.25. The monoisotopic (exact) mass is 592 g/mol. The van der Waals surface area contributed by atoms with Crippen LogP contribution in [0.1, 0.15) is 37.5 Å². The summed E-state index contributed by atoms with van der Waals surface area (Å²) in [7, 11) is 0. The number of amides is 2. The lowest BCUT2D eigenvalue weighted by Gasteiger charge is -2.34. The largest absolute Gasteiger partial charge is 0.486 e. The van der Waals surface area contributed by atoms with Crippen molar-refractivity contribution in [2.24, 2.45) is 0 Å². The SMILES string of the molecule is O=C(NO)c1c(OCc2ccc(Cl)c(Cl)c2)c(C(=O)N2CCN(Cc3ccccc3)CC2)cn1Cc1ccccc1. The number of hydroxylamine groups is 1. The minimum absolute atomic E-state index is 0.0308. The maximum absolute atomic E-state index is 13.9. The van der Waals surface area contributed by atoms with Crippen LogP contribution in [0, 0.1) is 0 Å². The Balaban J connectivity index is 1.42. The summed E-state index contributed by atoms with van der Waals surface area (Å²) < 4.78 is 7.78. The number of hydrogen-bond acceptors (Lipinski definition) is 5. The molecule has 1 aliphatic heterocycles. The van der Waals surface area contributed by atoms with Crippen molar-refractivity contribution in [2.75, 3.05) is 26.2 Å². The molecule has 8 nitrogen and oxygen atoms in total. The topological polar surface area (TPSA) is 87.0 Å². The van der Waals surface area contributed by atoms with Crippen LogP contribution in [0.2, 0.25) is 10.0 Å². The molecule has 0 bridgehead atoms. The van der Waals surface area contributed by atoms with Crippen LogP contribution in [0.25, 0.3) is 0 Å². The number of rotatable bonds is 9. The second-order valence-corrected chi connectivity index (χ2v) is 10.7. The van der Waals surface area contributed by atoms with E-state index >= 15 is 0 Å². The normalized spacial score (nSPS) is 13.7. The minimum Gasteiger partial charge on any atom is -0.486 e. The highest BCUT2D eigenvalue weighted by Gasteiger charge is 2.31. The first-order chi connectivity index (χ1) is 19.9. The Morgan fingerprint density at radius 1 is 0.805 bits per heavy atom. The first-order valence-corrected chi connectivity index (χ1v) is 14.0. The molecule has 0 spiro atoms. The maximum atomic E-state index is 13.9. The number of carbonyl (C=O) groups excluding carboxylic acids is 2. The number of aromatic nitrogens is 1. The second kappa shape index (κ2) is 13.2. The number of hydrogen-bond donors (Lipinski definition) is 2. The lowest BCUT2D eigenvalue weighted by Crippen LogP contribution is -2.48. The Hall–Kier alpha value is -3.82. The van der Waals surface area contributed by atoms with Crippen LogP contribution in [-0.4, -0.2) is 57.6 Å². The van der Waals surface area contributed by atoms with Gasteiger partial charge in [0.2, 0.25) is 0 Å². The summed E-state index contributed by atoms with van der Waals surface area (Å²) in [6.45, 7) is 3.64. The molecule has 1 aliphatic rings. The summed E-state index contributed by atoms with van der Waals surface area (Å²) in [4.78, 5) is 30.9. The van der Waals surface area contributed by atoms with E-state index in [1.165, 1.54) is 5.56 Å². The minimum atomic E-state index is -0.781. The van der Waals surface area contributed by atoms with Crippen LogP contribution in [0.15, 0.2) is 85.1 Å². The van der Waals surface area contributed by atoms with E-state index in [9.17, 15) is 14.8 Å². The molecule has 1 saturated heterocycles. The summed E-state index contributed by atoms with van der Waals surface area (Å²) in [6, 6.07) is 24.9. The van der Waals surface area contributed by atoms with Gasteiger partial charge in [-0.25, -0.2) is 5.48 Å². The smallest absolute Gasteiger partial charge is 0.295 e. The fraction of sp³-hybridized carbons (Fsp3) is 0.226. The van der Waals surface area contributed by atoms with Crippen LogP contribution < -0.4 is 10.2 Å². The second-order valence-electron chi connectivity index (χ2n) is 9.87. The van der Waals surface area contributed by atoms with Gasteiger partial charge in [-0.05, 0) is 28.8 Å². The molecule has 10 heteroatoms. The summed E-state index contributed by atoms with van der Waals surface area (Å²) in [6.07, 6.45) is 1.63. The van der Waals surface area contributed by atoms with Gasteiger partial charge in [0.15, 0.2) is 11.4 Å². The molecule has 1 fully saturated rings. The van der Waals surface area contributed by atoms with E-state index in [0.717, 1.165) is 25.2 Å². The average molecular weight is 594 g/mol. The molecule has 2 heterocycles. The molecule has 0 saturated carbocycles. The van der Waals surface area contributed by atoms with Crippen molar-refractivity contribution in [1.82, 2.24) is 19.8 Å². The maximum Gasteiger partial charge on any atom is 0.295 e. The Morgan fingerprint density at radius 2 is 1.44 bits per heavy atom. The third kappa shape index (κ3) is 6.92. The number of nitrogens with one attached hydrogen (secondary N) is 1. The van der Waals surface area contributed by atoms with Gasteiger partial charge in [0, 0.05) is 45.5 Å². The highest BCUT2D eigenvalue weighted by molar-refractivity contribution is 6.42. The molecule has 2 N–H and O–H groups in total. The highest BCUT2D eigenvalue weighted by atomic mass is 35.5. The zero-order chi connectivity index (χ0) is 28.8. The van der Waals surface area contributed by atoms with E-state index in [2.05, 4.69) is 17.0 Å². The molecule has 0 aliphatic carbocycles. The number of carbonyl (C=O) groups is 2. The number of halogens is 2. The molecular weight excluding hydrogens is 563 g/mol. The van der Waals surface area contributed by atoms with Gasteiger partial charge in [-0.15, -0.1) is 0 Å². The van der Waals surface area contributed by atoms with E-state index in [-0.39, 0.29) is 29.5 Å². The molecule has 0 radical (unpaired) electrons. The first-order valence-electron chi connectivity index (χ1n) is 13.3. The van der Waals surface area contributed by atoms with Crippen LogP contribution in [0.4, 0.5) is 0 Å². The van der Waals surface area contributed by atoms with E-state index in [4.69, 9.17) is 27.9 Å². The summed E-state index contributed by atoms with van der Waals surface area (Å²) in [5.74, 6) is -0.931. The van der Waals surface area contributed by atoms with Gasteiger partial charge in [0.1, 0.15) is 12.2 Å². The molecule has 2 amide bonds. The Labute approximate surface area is 248 Å².